The molecule has 0 atom stereocenters. The molecular formula is C15H23ClN2. The Hall–Kier alpha value is -0.730. The lowest BCUT2D eigenvalue weighted by Crippen LogP contribution is -2.27. The highest BCUT2D eigenvalue weighted by Crippen LogP contribution is 2.40. The molecule has 1 aliphatic heterocycles. The maximum Gasteiger partial charge on any atom is 0.0471 e. The Morgan fingerprint density at radius 2 is 2.06 bits per heavy atom. The zero-order valence-corrected chi connectivity index (χ0v) is 12.1. The zero-order valence-electron chi connectivity index (χ0n) is 11.4. The minimum atomic E-state index is 0.480. The summed E-state index contributed by atoms with van der Waals surface area (Å²) in [5.41, 5.74) is 8.64. The van der Waals surface area contributed by atoms with Crippen molar-refractivity contribution in [3.63, 3.8) is 0 Å². The number of nitrogens with two attached hydrogens (primary N) is 1. The van der Waals surface area contributed by atoms with Crippen molar-refractivity contribution < 1.29 is 0 Å². The minimum absolute atomic E-state index is 0.480. The molecule has 1 aromatic carbocycles. The molecule has 2 nitrogen and oxygen atoms in total. The van der Waals surface area contributed by atoms with E-state index in [4.69, 9.17) is 17.3 Å². The van der Waals surface area contributed by atoms with Crippen molar-refractivity contribution in [2.24, 2.45) is 11.1 Å². The van der Waals surface area contributed by atoms with Gasteiger partial charge < -0.3 is 10.6 Å². The monoisotopic (exact) mass is 266 g/mol. The van der Waals surface area contributed by atoms with Crippen molar-refractivity contribution in [3.05, 3.63) is 28.8 Å². The summed E-state index contributed by atoms with van der Waals surface area (Å²) >= 11 is 6.24. The van der Waals surface area contributed by atoms with Crippen molar-refractivity contribution >= 4 is 17.3 Å². The van der Waals surface area contributed by atoms with Gasteiger partial charge in [0, 0.05) is 35.9 Å². The average Bonchev–Trinajstić information content (AvgIpc) is 2.83. The van der Waals surface area contributed by atoms with E-state index >= 15 is 0 Å². The SMILES string of the molecule is CCC1(CC)CCN(c2cccc(Cl)c2CN)C1. The highest BCUT2D eigenvalue weighted by atomic mass is 35.5. The molecule has 0 aliphatic carbocycles. The van der Waals surface area contributed by atoms with Gasteiger partial charge in [-0.2, -0.15) is 0 Å². The van der Waals surface area contributed by atoms with Crippen molar-refractivity contribution in [2.75, 3.05) is 18.0 Å². The number of anilines is 1. The average molecular weight is 267 g/mol. The van der Waals surface area contributed by atoms with Gasteiger partial charge in [-0.15, -0.1) is 0 Å². The quantitative estimate of drug-likeness (QED) is 0.898. The van der Waals surface area contributed by atoms with E-state index in [-0.39, 0.29) is 0 Å². The van der Waals surface area contributed by atoms with E-state index in [1.165, 1.54) is 24.9 Å². The van der Waals surface area contributed by atoms with Gasteiger partial charge in [0.15, 0.2) is 0 Å². The fraction of sp³-hybridized carbons (Fsp3) is 0.600. The molecule has 3 heteroatoms. The first-order valence-electron chi connectivity index (χ1n) is 6.88. The maximum atomic E-state index is 6.24. The van der Waals surface area contributed by atoms with Crippen LogP contribution in [-0.2, 0) is 6.54 Å². The summed E-state index contributed by atoms with van der Waals surface area (Å²) in [5, 5.41) is 0.792. The van der Waals surface area contributed by atoms with Gasteiger partial charge in [0.05, 0.1) is 0 Å². The number of nitrogens with zero attached hydrogens (tertiary/aromatic N) is 1. The van der Waals surface area contributed by atoms with Crippen LogP contribution in [-0.4, -0.2) is 13.1 Å². The second kappa shape index (κ2) is 5.50. The molecule has 1 aromatic rings. The molecule has 2 rings (SSSR count). The summed E-state index contributed by atoms with van der Waals surface area (Å²) in [6.07, 6.45) is 3.77. The molecule has 1 saturated heterocycles. The Morgan fingerprint density at radius 1 is 1.33 bits per heavy atom. The number of hydrogen-bond donors (Lipinski definition) is 1. The Labute approximate surface area is 115 Å². The topological polar surface area (TPSA) is 29.3 Å². The summed E-state index contributed by atoms with van der Waals surface area (Å²) < 4.78 is 0. The van der Waals surface area contributed by atoms with Gasteiger partial charge in [0.25, 0.3) is 0 Å². The Kier molecular flexibility index (Phi) is 4.18. The molecule has 2 N–H and O–H groups in total. The zero-order chi connectivity index (χ0) is 13.2. The lowest BCUT2D eigenvalue weighted by molar-refractivity contribution is 0.301. The van der Waals surface area contributed by atoms with Crippen LogP contribution in [0.3, 0.4) is 0 Å². The molecule has 0 spiro atoms. The van der Waals surface area contributed by atoms with Crippen LogP contribution in [0.25, 0.3) is 0 Å². The van der Waals surface area contributed by atoms with E-state index < -0.39 is 0 Å². The minimum Gasteiger partial charge on any atom is -0.371 e. The molecule has 0 saturated carbocycles. The number of halogens is 1. The van der Waals surface area contributed by atoms with Gasteiger partial charge in [0.2, 0.25) is 0 Å². The third-order valence-electron chi connectivity index (χ3n) is 4.58. The third-order valence-corrected chi connectivity index (χ3v) is 4.93. The van der Waals surface area contributed by atoms with Gasteiger partial charge in [-0.3, -0.25) is 0 Å². The van der Waals surface area contributed by atoms with Gasteiger partial charge in [-0.1, -0.05) is 31.5 Å². The van der Waals surface area contributed by atoms with E-state index in [2.05, 4.69) is 24.8 Å². The molecule has 0 radical (unpaired) electrons. The largest absolute Gasteiger partial charge is 0.371 e. The van der Waals surface area contributed by atoms with Crippen LogP contribution in [0.5, 0.6) is 0 Å². The predicted octanol–water partition coefficient (Wildman–Crippen LogP) is 3.82. The van der Waals surface area contributed by atoms with Gasteiger partial charge in [-0.05, 0) is 36.8 Å². The van der Waals surface area contributed by atoms with Crippen LogP contribution in [0.15, 0.2) is 18.2 Å². The summed E-state index contributed by atoms with van der Waals surface area (Å²) in [6, 6.07) is 6.10. The van der Waals surface area contributed by atoms with E-state index in [9.17, 15) is 0 Å². The highest BCUT2D eigenvalue weighted by Gasteiger charge is 2.35. The molecule has 18 heavy (non-hydrogen) atoms. The first-order valence-corrected chi connectivity index (χ1v) is 7.26. The maximum absolute atomic E-state index is 6.24. The number of rotatable bonds is 4. The molecule has 1 aliphatic rings. The molecule has 0 amide bonds. The predicted molar refractivity (Wildman–Crippen MR) is 79.2 cm³/mol. The molecule has 1 heterocycles. The number of benzene rings is 1. The summed E-state index contributed by atoms with van der Waals surface area (Å²) in [6.45, 7) is 7.36. The molecular weight excluding hydrogens is 244 g/mol. The highest BCUT2D eigenvalue weighted by molar-refractivity contribution is 6.31. The van der Waals surface area contributed by atoms with Gasteiger partial charge >= 0.3 is 0 Å². The molecule has 0 unspecified atom stereocenters. The van der Waals surface area contributed by atoms with Crippen LogP contribution in [0.4, 0.5) is 5.69 Å². The summed E-state index contributed by atoms with van der Waals surface area (Å²) in [5.74, 6) is 0. The van der Waals surface area contributed by atoms with Crippen molar-refractivity contribution in [2.45, 2.75) is 39.7 Å². The Morgan fingerprint density at radius 3 is 2.61 bits per heavy atom. The fourth-order valence-corrected chi connectivity index (χ4v) is 3.26. The lowest BCUT2D eigenvalue weighted by Gasteiger charge is -2.28. The van der Waals surface area contributed by atoms with E-state index in [1.807, 2.05) is 12.1 Å². The summed E-state index contributed by atoms with van der Waals surface area (Å²) in [4.78, 5) is 2.46. The first kappa shape index (κ1) is 13.7. The van der Waals surface area contributed by atoms with Gasteiger partial charge in [0.1, 0.15) is 0 Å². The lowest BCUT2D eigenvalue weighted by atomic mass is 9.82. The normalized spacial score (nSPS) is 18.3. The first-order chi connectivity index (χ1) is 8.65. The van der Waals surface area contributed by atoms with Crippen LogP contribution in [0, 0.1) is 5.41 Å². The van der Waals surface area contributed by atoms with Crippen molar-refractivity contribution in [1.29, 1.82) is 0 Å². The van der Waals surface area contributed by atoms with E-state index in [1.54, 1.807) is 0 Å². The van der Waals surface area contributed by atoms with Crippen LogP contribution < -0.4 is 10.6 Å². The Balaban J connectivity index is 2.27. The van der Waals surface area contributed by atoms with Crippen molar-refractivity contribution in [3.8, 4) is 0 Å². The molecule has 0 bridgehead atoms. The van der Waals surface area contributed by atoms with E-state index in [0.29, 0.717) is 12.0 Å². The fourth-order valence-electron chi connectivity index (χ4n) is 3.01. The standard InChI is InChI=1S/C15H23ClN2/c1-3-15(4-2)8-9-18(11-15)14-7-5-6-13(16)12(14)10-17/h5-7H,3-4,8-11,17H2,1-2H3. The van der Waals surface area contributed by atoms with Crippen molar-refractivity contribution in [1.82, 2.24) is 0 Å². The van der Waals surface area contributed by atoms with Gasteiger partial charge in [-0.25, -0.2) is 0 Å². The van der Waals surface area contributed by atoms with Crippen LogP contribution >= 0.6 is 11.6 Å². The molecule has 100 valence electrons. The molecule has 1 fully saturated rings. The number of hydrogen-bond acceptors (Lipinski definition) is 2. The second-order valence-corrected chi connectivity index (χ2v) is 5.73. The second-order valence-electron chi connectivity index (χ2n) is 5.32. The van der Waals surface area contributed by atoms with Crippen LogP contribution in [0.2, 0.25) is 5.02 Å². The van der Waals surface area contributed by atoms with Crippen LogP contribution in [0.1, 0.15) is 38.7 Å². The third kappa shape index (κ3) is 2.36. The smallest absolute Gasteiger partial charge is 0.0471 e. The molecule has 0 aromatic heterocycles. The van der Waals surface area contributed by atoms with E-state index in [0.717, 1.165) is 23.7 Å². The summed E-state index contributed by atoms with van der Waals surface area (Å²) in [7, 11) is 0. The Bertz CT molecular complexity index is 413.